The smallest absolute Gasteiger partial charge is 0.267 e. The second-order valence-electron chi connectivity index (χ2n) is 4.97. The van der Waals surface area contributed by atoms with Crippen molar-refractivity contribution in [3.63, 3.8) is 0 Å². The normalized spacial score (nSPS) is 10.3. The standard InChI is InChI=1S/C7H10N2O2.C7H13NO4S/c1-3-6(10)8-5-9-7(11)4-2;1-4-6(9)8-7(2,3)5-13(10,11)12/h3-4H,1-2,5H2,(H,8,10)(H,9,11);4H,1,5H2,2-3H3,(H,8,9)(H,10,11,12). The summed E-state index contributed by atoms with van der Waals surface area (Å²) < 4.78 is 29.5. The van der Waals surface area contributed by atoms with Crippen molar-refractivity contribution >= 4 is 27.8 Å². The zero-order valence-corrected chi connectivity index (χ0v) is 14.5. The van der Waals surface area contributed by atoms with Crippen molar-refractivity contribution in [1.29, 1.82) is 0 Å². The highest BCUT2D eigenvalue weighted by molar-refractivity contribution is 7.85. The van der Waals surface area contributed by atoms with E-state index in [0.717, 1.165) is 18.2 Å². The molecular formula is C14H23N3O6S. The van der Waals surface area contributed by atoms with Crippen molar-refractivity contribution in [3.05, 3.63) is 38.0 Å². The molecule has 0 spiro atoms. The first-order valence-electron chi connectivity index (χ1n) is 6.57. The van der Waals surface area contributed by atoms with Crippen LogP contribution in [0.2, 0.25) is 0 Å². The molecule has 0 aliphatic rings. The molecule has 0 rings (SSSR count). The maximum absolute atomic E-state index is 10.8. The lowest BCUT2D eigenvalue weighted by atomic mass is 10.1. The minimum atomic E-state index is -4.08. The third-order valence-corrected chi connectivity index (χ3v) is 3.17. The fraction of sp³-hybridized carbons (Fsp3) is 0.357. The van der Waals surface area contributed by atoms with Gasteiger partial charge in [0.05, 0.1) is 18.0 Å². The molecule has 0 aromatic heterocycles. The number of hydrogen-bond acceptors (Lipinski definition) is 5. The average Bonchev–Trinajstić information content (AvgIpc) is 2.44. The van der Waals surface area contributed by atoms with Gasteiger partial charge in [-0.05, 0) is 32.1 Å². The molecule has 3 amide bonds. The first-order valence-corrected chi connectivity index (χ1v) is 8.18. The predicted octanol–water partition coefficient (Wildman–Crippen LogP) is -0.497. The zero-order chi connectivity index (χ0) is 19.4. The minimum Gasteiger partial charge on any atom is -0.347 e. The molecule has 0 unspecified atom stereocenters. The van der Waals surface area contributed by atoms with Crippen LogP contribution in [0.1, 0.15) is 13.8 Å². The molecule has 9 nitrogen and oxygen atoms in total. The fourth-order valence-electron chi connectivity index (χ4n) is 1.24. The molecule has 0 bridgehead atoms. The van der Waals surface area contributed by atoms with Crippen LogP contribution < -0.4 is 16.0 Å². The predicted molar refractivity (Wildman–Crippen MR) is 90.4 cm³/mol. The average molecular weight is 361 g/mol. The third kappa shape index (κ3) is 15.9. The van der Waals surface area contributed by atoms with E-state index >= 15 is 0 Å². The molecule has 24 heavy (non-hydrogen) atoms. The van der Waals surface area contributed by atoms with Gasteiger partial charge >= 0.3 is 0 Å². The monoisotopic (exact) mass is 361 g/mol. The van der Waals surface area contributed by atoms with Gasteiger partial charge in [0.25, 0.3) is 10.1 Å². The van der Waals surface area contributed by atoms with E-state index in [9.17, 15) is 22.8 Å². The van der Waals surface area contributed by atoms with Crippen LogP contribution in [0.3, 0.4) is 0 Å². The van der Waals surface area contributed by atoms with Crippen molar-refractivity contribution in [2.45, 2.75) is 19.4 Å². The number of hydrogen-bond donors (Lipinski definition) is 4. The van der Waals surface area contributed by atoms with Crippen LogP contribution in [0, 0.1) is 0 Å². The molecular weight excluding hydrogens is 338 g/mol. The first kappa shape index (κ1) is 23.8. The highest BCUT2D eigenvalue weighted by Gasteiger charge is 2.25. The maximum Gasteiger partial charge on any atom is 0.267 e. The molecule has 0 saturated heterocycles. The summed E-state index contributed by atoms with van der Waals surface area (Å²) in [6.07, 6.45) is 3.28. The van der Waals surface area contributed by atoms with E-state index in [2.05, 4.69) is 35.7 Å². The Kier molecular flexibility index (Phi) is 11.0. The highest BCUT2D eigenvalue weighted by Crippen LogP contribution is 2.05. The zero-order valence-electron chi connectivity index (χ0n) is 13.7. The van der Waals surface area contributed by atoms with Gasteiger partial charge in [-0.1, -0.05) is 19.7 Å². The molecule has 0 aliphatic heterocycles. The molecule has 0 aliphatic carbocycles. The molecule has 136 valence electrons. The quantitative estimate of drug-likeness (QED) is 0.261. The Morgan fingerprint density at radius 1 is 0.958 bits per heavy atom. The second kappa shape index (κ2) is 11.1. The van der Waals surface area contributed by atoms with Gasteiger partial charge < -0.3 is 16.0 Å². The molecule has 10 heteroatoms. The van der Waals surface area contributed by atoms with Gasteiger partial charge in [-0.2, -0.15) is 8.42 Å². The molecule has 0 aromatic rings. The Bertz CT molecular complexity index is 576. The maximum atomic E-state index is 10.8. The Hall–Kier alpha value is -2.46. The summed E-state index contributed by atoms with van der Waals surface area (Å²) in [6, 6.07) is 0. The SMILES string of the molecule is C=CC(=O)NC(C)(C)CS(=O)(=O)O.C=CC(=O)NCNC(=O)C=C. The molecule has 0 fully saturated rings. The van der Waals surface area contributed by atoms with Crippen LogP contribution in [-0.2, 0) is 24.5 Å². The van der Waals surface area contributed by atoms with E-state index in [1.807, 2.05) is 0 Å². The van der Waals surface area contributed by atoms with Crippen molar-refractivity contribution < 1.29 is 27.4 Å². The number of carbonyl (C=O) groups excluding carboxylic acids is 3. The lowest BCUT2D eigenvalue weighted by molar-refractivity contribution is -0.119. The Morgan fingerprint density at radius 3 is 1.62 bits per heavy atom. The summed E-state index contributed by atoms with van der Waals surface area (Å²) in [6.45, 7) is 12.8. The van der Waals surface area contributed by atoms with E-state index < -0.39 is 27.3 Å². The van der Waals surface area contributed by atoms with Gasteiger partial charge in [0.2, 0.25) is 17.7 Å². The number of rotatable bonds is 8. The summed E-state index contributed by atoms with van der Waals surface area (Å²) in [5, 5.41) is 7.09. The first-order chi connectivity index (χ1) is 10.9. The van der Waals surface area contributed by atoms with E-state index in [-0.39, 0.29) is 18.5 Å². The van der Waals surface area contributed by atoms with Crippen LogP contribution in [-0.4, -0.2) is 48.7 Å². The van der Waals surface area contributed by atoms with Crippen LogP contribution >= 0.6 is 0 Å². The topological polar surface area (TPSA) is 142 Å². The molecule has 0 atom stereocenters. The van der Waals surface area contributed by atoms with Gasteiger partial charge in [-0.15, -0.1) is 0 Å². The van der Waals surface area contributed by atoms with Gasteiger partial charge in [-0.25, -0.2) is 0 Å². The number of amides is 3. The summed E-state index contributed by atoms with van der Waals surface area (Å²) in [5.41, 5.74) is -1.00. The Balaban J connectivity index is 0. The summed E-state index contributed by atoms with van der Waals surface area (Å²) >= 11 is 0. The van der Waals surface area contributed by atoms with Crippen LogP contribution in [0.15, 0.2) is 38.0 Å². The third-order valence-electron chi connectivity index (χ3n) is 2.09. The van der Waals surface area contributed by atoms with E-state index in [4.69, 9.17) is 4.55 Å². The summed E-state index contributed by atoms with van der Waals surface area (Å²) in [7, 11) is -4.08. The van der Waals surface area contributed by atoms with Crippen molar-refractivity contribution in [3.8, 4) is 0 Å². The Labute approximate surface area is 141 Å². The lowest BCUT2D eigenvalue weighted by Crippen LogP contribution is -2.47. The molecule has 0 aromatic carbocycles. The fourth-order valence-corrected chi connectivity index (χ4v) is 2.22. The number of nitrogens with one attached hydrogen (secondary N) is 3. The van der Waals surface area contributed by atoms with Crippen molar-refractivity contribution in [1.82, 2.24) is 16.0 Å². The van der Waals surface area contributed by atoms with Gasteiger partial charge in [0, 0.05) is 0 Å². The summed E-state index contributed by atoms with van der Waals surface area (Å²) in [4.78, 5) is 31.8. The highest BCUT2D eigenvalue weighted by atomic mass is 32.2. The van der Waals surface area contributed by atoms with E-state index in [0.29, 0.717) is 0 Å². The lowest BCUT2D eigenvalue weighted by Gasteiger charge is -2.23. The van der Waals surface area contributed by atoms with Gasteiger partial charge in [-0.3, -0.25) is 18.9 Å². The second-order valence-corrected chi connectivity index (χ2v) is 6.42. The summed E-state index contributed by atoms with van der Waals surface area (Å²) in [5.74, 6) is -1.66. The van der Waals surface area contributed by atoms with Crippen LogP contribution in [0.25, 0.3) is 0 Å². The minimum absolute atomic E-state index is 0.0930. The molecule has 0 radical (unpaired) electrons. The van der Waals surface area contributed by atoms with Gasteiger partial charge in [0.1, 0.15) is 0 Å². The molecule has 0 saturated carbocycles. The van der Waals surface area contributed by atoms with Crippen LogP contribution in [0.4, 0.5) is 0 Å². The molecule has 0 heterocycles. The van der Waals surface area contributed by atoms with E-state index in [1.54, 1.807) is 0 Å². The molecule has 4 N–H and O–H groups in total. The largest absolute Gasteiger partial charge is 0.347 e. The van der Waals surface area contributed by atoms with E-state index in [1.165, 1.54) is 13.8 Å². The van der Waals surface area contributed by atoms with Crippen molar-refractivity contribution in [2.24, 2.45) is 0 Å². The Morgan fingerprint density at radius 2 is 1.33 bits per heavy atom. The van der Waals surface area contributed by atoms with Crippen molar-refractivity contribution in [2.75, 3.05) is 12.4 Å². The van der Waals surface area contributed by atoms with Crippen LogP contribution in [0.5, 0.6) is 0 Å². The van der Waals surface area contributed by atoms with Gasteiger partial charge in [0.15, 0.2) is 0 Å². The number of carbonyl (C=O) groups is 3.